The number of amides is 1. The third kappa shape index (κ3) is 4.63. The van der Waals surface area contributed by atoms with Crippen LogP contribution in [-0.2, 0) is 0 Å². The molecule has 1 saturated carbocycles. The lowest BCUT2D eigenvalue weighted by atomic mass is 9.84. The predicted octanol–water partition coefficient (Wildman–Crippen LogP) is 5.10. The Balaban J connectivity index is 1.65. The Hall–Kier alpha value is -3.02. The molecule has 2 aromatic rings. The van der Waals surface area contributed by atoms with Crippen molar-refractivity contribution in [3.05, 3.63) is 74.8 Å². The van der Waals surface area contributed by atoms with Gasteiger partial charge in [0.25, 0.3) is 11.6 Å². The van der Waals surface area contributed by atoms with E-state index in [1.165, 1.54) is 55.9 Å². The molecule has 0 radical (unpaired) electrons. The summed E-state index contributed by atoms with van der Waals surface area (Å²) in [5.74, 6) is 0.265. The molecule has 0 unspecified atom stereocenters. The second-order valence-corrected chi connectivity index (χ2v) is 7.35. The summed E-state index contributed by atoms with van der Waals surface area (Å²) in [4.78, 5) is 22.7. The first-order valence-corrected chi connectivity index (χ1v) is 9.65. The molecule has 0 heterocycles. The van der Waals surface area contributed by atoms with Crippen LogP contribution in [0.3, 0.4) is 0 Å². The van der Waals surface area contributed by atoms with Crippen molar-refractivity contribution in [2.24, 2.45) is 5.10 Å². The first-order chi connectivity index (χ1) is 13.5. The van der Waals surface area contributed by atoms with Gasteiger partial charge in [-0.25, -0.2) is 5.43 Å². The van der Waals surface area contributed by atoms with Crippen LogP contribution in [0.2, 0.25) is 0 Å². The Morgan fingerprint density at radius 2 is 1.71 bits per heavy atom. The number of aryl methyl sites for hydroxylation is 1. The number of nitrogens with one attached hydrogen (secondary N) is 1. The third-order valence-electron chi connectivity index (χ3n) is 5.39. The Bertz CT molecular complexity index is 898. The van der Waals surface area contributed by atoms with Crippen molar-refractivity contribution in [2.45, 2.75) is 51.9 Å². The molecule has 1 aliphatic carbocycles. The standard InChI is InChI=1S/C22H25N3O3/c1-15-14-20(12-13-21(15)25(27)28)22(26)24-23-16(2)17-8-10-19(11-9-17)18-6-4-3-5-7-18/h8-14,18H,3-7H2,1-2H3,(H,24,26). The van der Waals surface area contributed by atoms with Gasteiger partial charge in [-0.1, -0.05) is 43.5 Å². The molecule has 3 rings (SSSR count). The smallest absolute Gasteiger partial charge is 0.267 e. The van der Waals surface area contributed by atoms with Crippen LogP contribution >= 0.6 is 0 Å². The summed E-state index contributed by atoms with van der Waals surface area (Å²) in [6, 6.07) is 12.7. The van der Waals surface area contributed by atoms with Crippen LogP contribution < -0.4 is 5.43 Å². The number of hydrogen-bond acceptors (Lipinski definition) is 4. The number of nitrogens with zero attached hydrogens (tertiary/aromatic N) is 2. The minimum Gasteiger partial charge on any atom is -0.267 e. The summed E-state index contributed by atoms with van der Waals surface area (Å²) < 4.78 is 0. The van der Waals surface area contributed by atoms with E-state index in [2.05, 4.69) is 22.7 Å². The molecule has 146 valence electrons. The molecule has 6 nitrogen and oxygen atoms in total. The highest BCUT2D eigenvalue weighted by Crippen LogP contribution is 2.32. The minimum atomic E-state index is -0.462. The van der Waals surface area contributed by atoms with E-state index in [9.17, 15) is 14.9 Å². The average Bonchev–Trinajstić information content (AvgIpc) is 2.72. The van der Waals surface area contributed by atoms with Crippen LogP contribution in [-0.4, -0.2) is 16.5 Å². The summed E-state index contributed by atoms with van der Waals surface area (Å²) in [6.45, 7) is 3.45. The second kappa shape index (κ2) is 8.78. The molecule has 0 spiro atoms. The van der Waals surface area contributed by atoms with Crippen LogP contribution in [0, 0.1) is 17.0 Å². The fourth-order valence-corrected chi connectivity index (χ4v) is 3.70. The molecule has 0 aromatic heterocycles. The van der Waals surface area contributed by atoms with Gasteiger partial charge in [0.2, 0.25) is 0 Å². The Morgan fingerprint density at radius 1 is 1.07 bits per heavy atom. The van der Waals surface area contributed by atoms with Gasteiger partial charge in [-0.15, -0.1) is 0 Å². The largest absolute Gasteiger partial charge is 0.272 e. The second-order valence-electron chi connectivity index (χ2n) is 7.35. The zero-order chi connectivity index (χ0) is 20.1. The molecule has 2 aromatic carbocycles. The number of hydrazone groups is 1. The molecular formula is C22H25N3O3. The molecule has 1 N–H and O–H groups in total. The Kier molecular flexibility index (Phi) is 6.19. The molecular weight excluding hydrogens is 354 g/mol. The fraction of sp³-hybridized carbons (Fsp3) is 0.364. The minimum absolute atomic E-state index is 0.00529. The normalized spacial score (nSPS) is 15.3. The molecule has 0 aliphatic heterocycles. The highest BCUT2D eigenvalue weighted by molar-refractivity contribution is 6.01. The SMILES string of the molecule is CC(=NNC(=O)c1ccc([N+](=O)[O-])c(C)c1)c1ccc(C2CCCCC2)cc1. The van der Waals surface area contributed by atoms with Crippen molar-refractivity contribution < 1.29 is 9.72 Å². The number of nitro benzene ring substituents is 1. The molecule has 1 fully saturated rings. The van der Waals surface area contributed by atoms with Crippen molar-refractivity contribution in [3.8, 4) is 0 Å². The molecule has 6 heteroatoms. The molecule has 1 aliphatic rings. The first kappa shape index (κ1) is 19.7. The van der Waals surface area contributed by atoms with Gasteiger partial charge in [-0.3, -0.25) is 14.9 Å². The third-order valence-corrected chi connectivity index (χ3v) is 5.39. The van der Waals surface area contributed by atoms with E-state index in [0.29, 0.717) is 22.8 Å². The van der Waals surface area contributed by atoms with Crippen LogP contribution in [0.15, 0.2) is 47.6 Å². The lowest BCUT2D eigenvalue weighted by Crippen LogP contribution is -2.19. The predicted molar refractivity (Wildman–Crippen MR) is 110 cm³/mol. The van der Waals surface area contributed by atoms with Crippen LogP contribution in [0.25, 0.3) is 0 Å². The fourth-order valence-electron chi connectivity index (χ4n) is 3.70. The van der Waals surface area contributed by atoms with E-state index in [-0.39, 0.29) is 5.69 Å². The monoisotopic (exact) mass is 379 g/mol. The zero-order valence-electron chi connectivity index (χ0n) is 16.3. The van der Waals surface area contributed by atoms with Crippen LogP contribution in [0.5, 0.6) is 0 Å². The van der Waals surface area contributed by atoms with E-state index >= 15 is 0 Å². The average molecular weight is 379 g/mol. The molecule has 1 amide bonds. The number of carbonyl (C=O) groups excluding carboxylic acids is 1. The van der Waals surface area contributed by atoms with E-state index in [4.69, 9.17) is 0 Å². The van der Waals surface area contributed by atoms with Gasteiger partial charge in [0.15, 0.2) is 0 Å². The molecule has 28 heavy (non-hydrogen) atoms. The van der Waals surface area contributed by atoms with E-state index in [1.54, 1.807) is 6.92 Å². The van der Waals surface area contributed by atoms with Gasteiger partial charge in [-0.2, -0.15) is 5.10 Å². The van der Waals surface area contributed by atoms with Gasteiger partial charge >= 0.3 is 0 Å². The highest BCUT2D eigenvalue weighted by atomic mass is 16.6. The van der Waals surface area contributed by atoms with Gasteiger partial charge in [0.1, 0.15) is 0 Å². The van der Waals surface area contributed by atoms with Gasteiger partial charge in [0.05, 0.1) is 10.6 Å². The first-order valence-electron chi connectivity index (χ1n) is 9.65. The number of carbonyl (C=O) groups is 1. The summed E-state index contributed by atoms with van der Waals surface area (Å²) in [6.07, 6.45) is 6.48. The molecule has 0 saturated heterocycles. The van der Waals surface area contributed by atoms with Crippen molar-refractivity contribution >= 4 is 17.3 Å². The maximum Gasteiger partial charge on any atom is 0.272 e. The summed E-state index contributed by atoms with van der Waals surface area (Å²) >= 11 is 0. The van der Waals surface area contributed by atoms with Crippen molar-refractivity contribution in [2.75, 3.05) is 0 Å². The van der Waals surface area contributed by atoms with Crippen molar-refractivity contribution in [1.82, 2.24) is 5.43 Å². The maximum absolute atomic E-state index is 12.3. The molecule has 0 bridgehead atoms. The quantitative estimate of drug-likeness (QED) is 0.445. The number of benzene rings is 2. The summed E-state index contributed by atoms with van der Waals surface area (Å²) in [5.41, 5.74) is 6.35. The summed E-state index contributed by atoms with van der Waals surface area (Å²) in [5, 5.41) is 15.1. The number of rotatable bonds is 5. The van der Waals surface area contributed by atoms with Crippen LogP contribution in [0.1, 0.15) is 72.0 Å². The van der Waals surface area contributed by atoms with Crippen molar-refractivity contribution in [3.63, 3.8) is 0 Å². The highest BCUT2D eigenvalue weighted by Gasteiger charge is 2.16. The lowest BCUT2D eigenvalue weighted by molar-refractivity contribution is -0.385. The van der Waals surface area contributed by atoms with Gasteiger partial charge < -0.3 is 0 Å². The van der Waals surface area contributed by atoms with Crippen molar-refractivity contribution in [1.29, 1.82) is 0 Å². The number of nitro groups is 1. The lowest BCUT2D eigenvalue weighted by Gasteiger charge is -2.22. The van der Waals surface area contributed by atoms with Gasteiger partial charge in [0, 0.05) is 17.2 Å². The maximum atomic E-state index is 12.3. The number of hydrogen-bond donors (Lipinski definition) is 1. The van der Waals surface area contributed by atoms with E-state index in [0.717, 1.165) is 5.56 Å². The Labute approximate surface area is 164 Å². The summed E-state index contributed by atoms with van der Waals surface area (Å²) in [7, 11) is 0. The molecule has 0 atom stereocenters. The van der Waals surface area contributed by atoms with Gasteiger partial charge in [-0.05, 0) is 55.9 Å². The van der Waals surface area contributed by atoms with E-state index in [1.807, 2.05) is 19.1 Å². The van der Waals surface area contributed by atoms with Crippen LogP contribution in [0.4, 0.5) is 5.69 Å². The van der Waals surface area contributed by atoms with E-state index < -0.39 is 10.8 Å². The Morgan fingerprint density at radius 3 is 2.32 bits per heavy atom. The zero-order valence-corrected chi connectivity index (χ0v) is 16.3. The topological polar surface area (TPSA) is 84.6 Å².